The number of hydrogen-bond acceptors (Lipinski definition) is 3. The van der Waals surface area contributed by atoms with Crippen LogP contribution in [0, 0.1) is 17.2 Å². The highest BCUT2D eigenvalue weighted by Gasteiger charge is 2.21. The lowest BCUT2D eigenvalue weighted by Gasteiger charge is -2.28. The van der Waals surface area contributed by atoms with Crippen molar-refractivity contribution in [3.05, 3.63) is 47.5 Å². The van der Waals surface area contributed by atoms with Crippen LogP contribution in [0.15, 0.2) is 36.4 Å². The third kappa shape index (κ3) is 4.93. The standard InChI is InChI=1S/C21H27NO2/c22-16-18-8-12-20(13-9-18)19-10-6-17(7-11-19)4-1-2-5-21-23-14-3-15-24-21/h1-2,8-9,12-13,17,19,21H,3-7,10-11,14-15H2. The van der Waals surface area contributed by atoms with Crippen LogP contribution in [0.3, 0.4) is 0 Å². The van der Waals surface area contributed by atoms with Gasteiger partial charge in [-0.2, -0.15) is 5.26 Å². The second kappa shape index (κ2) is 9.01. The van der Waals surface area contributed by atoms with Crippen molar-refractivity contribution in [3.8, 4) is 6.07 Å². The van der Waals surface area contributed by atoms with Gasteiger partial charge in [-0.3, -0.25) is 0 Å². The summed E-state index contributed by atoms with van der Waals surface area (Å²) < 4.78 is 11.1. The Balaban J connectivity index is 1.37. The first kappa shape index (κ1) is 17.2. The van der Waals surface area contributed by atoms with Gasteiger partial charge in [0.2, 0.25) is 0 Å². The van der Waals surface area contributed by atoms with E-state index >= 15 is 0 Å². The smallest absolute Gasteiger partial charge is 0.160 e. The largest absolute Gasteiger partial charge is 0.352 e. The summed E-state index contributed by atoms with van der Waals surface area (Å²) in [5.74, 6) is 1.48. The first-order valence-corrected chi connectivity index (χ1v) is 9.23. The Morgan fingerprint density at radius 1 is 0.958 bits per heavy atom. The van der Waals surface area contributed by atoms with E-state index in [2.05, 4.69) is 30.4 Å². The van der Waals surface area contributed by atoms with Crippen LogP contribution in [0.4, 0.5) is 0 Å². The molecule has 1 aliphatic carbocycles. The van der Waals surface area contributed by atoms with Gasteiger partial charge in [0.25, 0.3) is 0 Å². The van der Waals surface area contributed by atoms with E-state index in [4.69, 9.17) is 14.7 Å². The summed E-state index contributed by atoms with van der Waals surface area (Å²) in [6.45, 7) is 1.66. The lowest BCUT2D eigenvalue weighted by molar-refractivity contribution is -0.175. The molecule has 1 saturated heterocycles. The summed E-state index contributed by atoms with van der Waals surface area (Å²) in [5, 5.41) is 8.89. The SMILES string of the molecule is N#Cc1ccc(C2CCC(CC=CCC3OCCCO3)CC2)cc1. The van der Waals surface area contributed by atoms with Gasteiger partial charge in [-0.25, -0.2) is 0 Å². The molecule has 1 saturated carbocycles. The van der Waals surface area contributed by atoms with E-state index in [0.717, 1.165) is 37.5 Å². The fourth-order valence-electron chi connectivity index (χ4n) is 3.73. The van der Waals surface area contributed by atoms with Crippen LogP contribution in [0.1, 0.15) is 62.0 Å². The predicted molar refractivity (Wildman–Crippen MR) is 94.5 cm³/mol. The molecule has 0 spiro atoms. The lowest BCUT2D eigenvalue weighted by atomic mass is 9.77. The molecule has 0 N–H and O–H groups in total. The number of nitriles is 1. The summed E-state index contributed by atoms with van der Waals surface area (Å²) in [4.78, 5) is 0. The minimum Gasteiger partial charge on any atom is -0.352 e. The molecule has 24 heavy (non-hydrogen) atoms. The summed E-state index contributed by atoms with van der Waals surface area (Å²) in [6, 6.07) is 10.3. The first-order valence-electron chi connectivity index (χ1n) is 9.23. The maximum Gasteiger partial charge on any atom is 0.160 e. The molecule has 3 heteroatoms. The average molecular weight is 325 g/mol. The highest BCUT2D eigenvalue weighted by atomic mass is 16.7. The monoisotopic (exact) mass is 325 g/mol. The van der Waals surface area contributed by atoms with Crippen molar-refractivity contribution in [2.24, 2.45) is 5.92 Å². The number of ether oxygens (including phenoxy) is 2. The Morgan fingerprint density at radius 2 is 1.62 bits per heavy atom. The van der Waals surface area contributed by atoms with Gasteiger partial charge in [0.15, 0.2) is 6.29 Å². The topological polar surface area (TPSA) is 42.2 Å². The fourth-order valence-corrected chi connectivity index (χ4v) is 3.73. The van der Waals surface area contributed by atoms with E-state index in [1.165, 1.54) is 37.7 Å². The molecule has 2 aliphatic rings. The van der Waals surface area contributed by atoms with Crippen molar-refractivity contribution in [2.75, 3.05) is 13.2 Å². The van der Waals surface area contributed by atoms with Gasteiger partial charge in [0.1, 0.15) is 0 Å². The van der Waals surface area contributed by atoms with E-state index in [-0.39, 0.29) is 6.29 Å². The summed E-state index contributed by atoms with van der Waals surface area (Å²) in [5.41, 5.74) is 2.15. The molecule has 3 nitrogen and oxygen atoms in total. The van der Waals surface area contributed by atoms with E-state index in [0.29, 0.717) is 5.92 Å². The molecule has 2 fully saturated rings. The summed E-state index contributed by atoms with van der Waals surface area (Å²) in [6.07, 6.45) is 12.7. The van der Waals surface area contributed by atoms with Gasteiger partial charge in [-0.15, -0.1) is 0 Å². The minimum absolute atomic E-state index is 0.0258. The second-order valence-electron chi connectivity index (χ2n) is 6.92. The third-order valence-corrected chi connectivity index (χ3v) is 5.22. The Kier molecular flexibility index (Phi) is 6.46. The van der Waals surface area contributed by atoms with Gasteiger partial charge in [-0.1, -0.05) is 24.3 Å². The predicted octanol–water partition coefficient (Wildman–Crippen LogP) is 4.93. The maximum atomic E-state index is 8.89. The van der Waals surface area contributed by atoms with Gasteiger partial charge < -0.3 is 9.47 Å². The zero-order chi connectivity index (χ0) is 16.6. The number of benzene rings is 1. The zero-order valence-corrected chi connectivity index (χ0v) is 14.3. The Hall–Kier alpha value is -1.63. The lowest BCUT2D eigenvalue weighted by Crippen LogP contribution is -2.23. The van der Waals surface area contributed by atoms with Crippen molar-refractivity contribution in [1.82, 2.24) is 0 Å². The number of rotatable bonds is 5. The quantitative estimate of drug-likeness (QED) is 0.721. The molecule has 0 atom stereocenters. The number of hydrogen-bond donors (Lipinski definition) is 0. The van der Waals surface area contributed by atoms with E-state index in [1.807, 2.05) is 12.1 Å². The number of allylic oxidation sites excluding steroid dienone is 1. The molecule has 0 bridgehead atoms. The highest BCUT2D eigenvalue weighted by Crippen LogP contribution is 2.37. The van der Waals surface area contributed by atoms with E-state index in [9.17, 15) is 0 Å². The Labute approximate surface area is 145 Å². The van der Waals surface area contributed by atoms with E-state index < -0.39 is 0 Å². The van der Waals surface area contributed by atoms with E-state index in [1.54, 1.807) is 0 Å². The molecule has 1 aliphatic heterocycles. The van der Waals surface area contributed by atoms with Gasteiger partial charge >= 0.3 is 0 Å². The van der Waals surface area contributed by atoms with Crippen LogP contribution < -0.4 is 0 Å². The normalized spacial score (nSPS) is 25.6. The molecular weight excluding hydrogens is 298 g/mol. The minimum atomic E-state index is -0.0258. The fraction of sp³-hybridized carbons (Fsp3) is 0.571. The van der Waals surface area contributed by atoms with Crippen LogP contribution in [-0.2, 0) is 9.47 Å². The second-order valence-corrected chi connectivity index (χ2v) is 6.92. The molecular formula is C21H27NO2. The van der Waals surface area contributed by atoms with Crippen LogP contribution in [0.2, 0.25) is 0 Å². The molecule has 1 aromatic carbocycles. The summed E-state index contributed by atoms with van der Waals surface area (Å²) in [7, 11) is 0. The number of nitrogens with zero attached hydrogens (tertiary/aromatic N) is 1. The highest BCUT2D eigenvalue weighted by molar-refractivity contribution is 5.33. The van der Waals surface area contributed by atoms with Crippen molar-refractivity contribution in [1.29, 1.82) is 5.26 Å². The van der Waals surface area contributed by atoms with Crippen LogP contribution in [0.25, 0.3) is 0 Å². The van der Waals surface area contributed by atoms with Crippen molar-refractivity contribution in [3.63, 3.8) is 0 Å². The Bertz CT molecular complexity index is 558. The van der Waals surface area contributed by atoms with Gasteiger partial charge in [0, 0.05) is 6.42 Å². The van der Waals surface area contributed by atoms with Crippen molar-refractivity contribution in [2.45, 2.75) is 57.2 Å². The molecule has 0 amide bonds. The maximum absolute atomic E-state index is 8.89. The molecule has 128 valence electrons. The molecule has 3 rings (SSSR count). The Morgan fingerprint density at radius 3 is 2.29 bits per heavy atom. The molecule has 0 unspecified atom stereocenters. The van der Waals surface area contributed by atoms with Crippen LogP contribution in [-0.4, -0.2) is 19.5 Å². The van der Waals surface area contributed by atoms with Gasteiger partial charge in [-0.05, 0) is 68.1 Å². The van der Waals surface area contributed by atoms with Crippen molar-refractivity contribution >= 4 is 0 Å². The van der Waals surface area contributed by atoms with Crippen LogP contribution >= 0.6 is 0 Å². The molecule has 0 radical (unpaired) electrons. The zero-order valence-electron chi connectivity index (χ0n) is 14.3. The third-order valence-electron chi connectivity index (χ3n) is 5.22. The van der Waals surface area contributed by atoms with Gasteiger partial charge in [0.05, 0.1) is 24.8 Å². The molecule has 1 aromatic rings. The first-order chi connectivity index (χ1) is 11.8. The van der Waals surface area contributed by atoms with Crippen LogP contribution in [0.5, 0.6) is 0 Å². The molecule has 1 heterocycles. The summed E-state index contributed by atoms with van der Waals surface area (Å²) >= 11 is 0. The average Bonchev–Trinajstić information content (AvgIpc) is 2.67. The molecule has 0 aromatic heterocycles. The van der Waals surface area contributed by atoms with Crippen molar-refractivity contribution < 1.29 is 9.47 Å².